The number of aliphatic hydroxyl groups excluding tert-OH is 1. The zero-order valence-electron chi connectivity index (χ0n) is 15.6. The molecular formula is C21H25N3O4. The van der Waals surface area contributed by atoms with Gasteiger partial charge in [-0.25, -0.2) is 4.98 Å². The fraction of sp³-hybridized carbons (Fsp3) is 0.381. The number of rotatable bonds is 4. The van der Waals surface area contributed by atoms with Crippen LogP contribution in [0.1, 0.15) is 35.2 Å². The third-order valence-electron chi connectivity index (χ3n) is 5.83. The van der Waals surface area contributed by atoms with Crippen LogP contribution in [-0.4, -0.2) is 51.2 Å². The lowest BCUT2D eigenvalue weighted by Crippen LogP contribution is -2.44. The van der Waals surface area contributed by atoms with Crippen molar-refractivity contribution in [1.29, 1.82) is 0 Å². The van der Waals surface area contributed by atoms with Crippen molar-refractivity contribution in [2.75, 3.05) is 12.3 Å². The van der Waals surface area contributed by atoms with Gasteiger partial charge in [-0.15, -0.1) is 0 Å². The van der Waals surface area contributed by atoms with Gasteiger partial charge in [-0.05, 0) is 43.4 Å². The van der Waals surface area contributed by atoms with Crippen LogP contribution in [0, 0.1) is 5.41 Å². The molecule has 0 aliphatic carbocycles. The molecule has 7 nitrogen and oxygen atoms in total. The number of hydrogen-bond acceptors (Lipinski definition) is 5. The molecule has 3 heterocycles. The maximum absolute atomic E-state index is 13.1. The Hall–Kier alpha value is -2.93. The van der Waals surface area contributed by atoms with Crippen molar-refractivity contribution in [1.82, 2.24) is 9.88 Å². The number of hydrogen-bond donors (Lipinski definition) is 3. The van der Waals surface area contributed by atoms with Crippen molar-refractivity contribution in [2.45, 2.75) is 37.8 Å². The van der Waals surface area contributed by atoms with Crippen molar-refractivity contribution >= 4 is 18.2 Å². The second-order valence-corrected chi connectivity index (χ2v) is 7.42. The standard InChI is InChI=1S/C20H23N3O2.CH2O2/c21-18-10-15(8-9-22-18)19(25)23-16-6-7-17(23)20(12-16,13-24)11-14-4-2-1-3-5-14;2-1-3/h1-5,8-10,16-17,24H,6-7,11-13H2,(H2,21,22);1H,(H,2,3)/t16-,17+,20-;/m1./s1. The Morgan fingerprint density at radius 3 is 2.64 bits per heavy atom. The summed E-state index contributed by atoms with van der Waals surface area (Å²) in [6.07, 6.45) is 5.19. The maximum atomic E-state index is 13.1. The second kappa shape index (κ2) is 8.39. The lowest BCUT2D eigenvalue weighted by molar-refractivity contribution is -0.122. The van der Waals surface area contributed by atoms with Crippen molar-refractivity contribution < 1.29 is 19.8 Å². The van der Waals surface area contributed by atoms with E-state index < -0.39 is 0 Å². The molecule has 4 rings (SSSR count). The van der Waals surface area contributed by atoms with E-state index in [1.54, 1.807) is 18.3 Å². The number of carbonyl (C=O) groups excluding carboxylic acids is 1. The Bertz CT molecular complexity index is 829. The van der Waals surface area contributed by atoms with Crippen LogP contribution in [0.3, 0.4) is 0 Å². The largest absolute Gasteiger partial charge is 0.483 e. The van der Waals surface area contributed by atoms with E-state index >= 15 is 0 Å². The van der Waals surface area contributed by atoms with Crippen LogP contribution < -0.4 is 5.73 Å². The molecule has 2 bridgehead atoms. The lowest BCUT2D eigenvalue weighted by atomic mass is 9.70. The van der Waals surface area contributed by atoms with Crippen molar-refractivity contribution in [3.63, 3.8) is 0 Å². The minimum absolute atomic E-state index is 0.00462. The Balaban J connectivity index is 0.000000706. The SMILES string of the molecule is Nc1cc(C(=O)N2[C@@H]3CC[C@H]2[C@](CO)(Cc2ccccc2)C3)ccn1.O=CO. The van der Waals surface area contributed by atoms with E-state index in [-0.39, 0.29) is 36.5 Å². The number of fused-ring (bicyclic) bond motifs is 2. The van der Waals surface area contributed by atoms with Gasteiger partial charge in [-0.2, -0.15) is 0 Å². The molecule has 2 aliphatic heterocycles. The van der Waals surface area contributed by atoms with E-state index in [1.807, 2.05) is 23.1 Å². The molecular weight excluding hydrogens is 358 g/mol. The Morgan fingerprint density at radius 1 is 1.29 bits per heavy atom. The summed E-state index contributed by atoms with van der Waals surface area (Å²) in [5.41, 5.74) is 7.28. The van der Waals surface area contributed by atoms with Crippen molar-refractivity contribution in [3.8, 4) is 0 Å². The summed E-state index contributed by atoms with van der Waals surface area (Å²) in [5.74, 6) is 0.361. The highest BCUT2D eigenvalue weighted by molar-refractivity contribution is 5.95. The molecule has 2 aliphatic rings. The minimum atomic E-state index is -0.251. The summed E-state index contributed by atoms with van der Waals surface area (Å²) in [4.78, 5) is 27.4. The molecule has 2 aromatic rings. The normalized spacial score (nSPS) is 25.1. The van der Waals surface area contributed by atoms with Gasteiger partial charge in [0.15, 0.2) is 0 Å². The summed E-state index contributed by atoms with van der Waals surface area (Å²) in [5, 5.41) is 17.1. The molecule has 1 aromatic carbocycles. The average molecular weight is 383 g/mol. The van der Waals surface area contributed by atoms with E-state index in [4.69, 9.17) is 15.6 Å². The highest BCUT2D eigenvalue weighted by atomic mass is 16.3. The van der Waals surface area contributed by atoms with Crippen LogP contribution in [0.2, 0.25) is 0 Å². The smallest absolute Gasteiger partial charge is 0.290 e. The van der Waals surface area contributed by atoms with Gasteiger partial charge in [-0.3, -0.25) is 9.59 Å². The van der Waals surface area contributed by atoms with Gasteiger partial charge in [0.1, 0.15) is 5.82 Å². The van der Waals surface area contributed by atoms with Gasteiger partial charge < -0.3 is 20.8 Å². The number of benzene rings is 1. The van der Waals surface area contributed by atoms with E-state index in [0.29, 0.717) is 11.4 Å². The molecule has 3 atom stereocenters. The highest BCUT2D eigenvalue weighted by Gasteiger charge is 2.57. The number of nitrogens with zero attached hydrogens (tertiary/aromatic N) is 2. The fourth-order valence-corrected chi connectivity index (χ4v) is 4.75. The molecule has 28 heavy (non-hydrogen) atoms. The Labute approximate surface area is 163 Å². The second-order valence-electron chi connectivity index (χ2n) is 7.42. The number of amides is 1. The van der Waals surface area contributed by atoms with Gasteiger partial charge in [0.05, 0.1) is 6.61 Å². The van der Waals surface area contributed by atoms with Gasteiger partial charge in [0.25, 0.3) is 12.4 Å². The van der Waals surface area contributed by atoms with Crippen LogP contribution in [0.25, 0.3) is 0 Å². The van der Waals surface area contributed by atoms with Crippen LogP contribution >= 0.6 is 0 Å². The third-order valence-corrected chi connectivity index (χ3v) is 5.83. The molecule has 1 aromatic heterocycles. The first-order valence-corrected chi connectivity index (χ1v) is 9.31. The predicted molar refractivity (Wildman–Crippen MR) is 105 cm³/mol. The summed E-state index contributed by atoms with van der Waals surface area (Å²) < 4.78 is 0. The molecule has 7 heteroatoms. The summed E-state index contributed by atoms with van der Waals surface area (Å²) in [6.45, 7) is -0.147. The van der Waals surface area contributed by atoms with Crippen molar-refractivity contribution in [3.05, 3.63) is 59.8 Å². The summed E-state index contributed by atoms with van der Waals surface area (Å²) >= 11 is 0. The number of carbonyl (C=O) groups is 2. The van der Waals surface area contributed by atoms with Crippen LogP contribution in [0.15, 0.2) is 48.7 Å². The topological polar surface area (TPSA) is 117 Å². The van der Waals surface area contributed by atoms with E-state index in [0.717, 1.165) is 25.7 Å². The zero-order chi connectivity index (χ0) is 20.1. The maximum Gasteiger partial charge on any atom is 0.290 e. The molecule has 0 spiro atoms. The van der Waals surface area contributed by atoms with E-state index in [9.17, 15) is 9.90 Å². The monoisotopic (exact) mass is 383 g/mol. The Morgan fingerprint density at radius 2 is 2.00 bits per heavy atom. The minimum Gasteiger partial charge on any atom is -0.483 e. The molecule has 1 amide bonds. The number of aromatic nitrogens is 1. The van der Waals surface area contributed by atoms with E-state index in [2.05, 4.69) is 17.1 Å². The molecule has 0 saturated carbocycles. The zero-order valence-corrected chi connectivity index (χ0v) is 15.6. The molecule has 2 saturated heterocycles. The van der Waals surface area contributed by atoms with Crippen LogP contribution in [0.5, 0.6) is 0 Å². The number of carboxylic acid groups (broad SMARTS) is 1. The van der Waals surface area contributed by atoms with Gasteiger partial charge in [0, 0.05) is 29.3 Å². The first-order chi connectivity index (χ1) is 13.5. The van der Waals surface area contributed by atoms with Crippen molar-refractivity contribution in [2.24, 2.45) is 5.41 Å². The molecule has 4 N–H and O–H groups in total. The first-order valence-electron chi connectivity index (χ1n) is 9.31. The van der Waals surface area contributed by atoms with Crippen LogP contribution in [-0.2, 0) is 11.2 Å². The molecule has 0 unspecified atom stereocenters. The van der Waals surface area contributed by atoms with E-state index in [1.165, 1.54) is 5.56 Å². The first kappa shape index (κ1) is 19.8. The Kier molecular flexibility index (Phi) is 5.94. The van der Waals surface area contributed by atoms with Gasteiger partial charge >= 0.3 is 0 Å². The number of nitrogens with two attached hydrogens (primary N) is 1. The third kappa shape index (κ3) is 3.71. The average Bonchev–Trinajstić information content (AvgIpc) is 3.25. The lowest BCUT2D eigenvalue weighted by Gasteiger charge is -2.36. The molecule has 148 valence electrons. The number of pyridine rings is 1. The summed E-state index contributed by atoms with van der Waals surface area (Å²) in [6, 6.07) is 13.9. The van der Waals surface area contributed by atoms with Crippen LogP contribution in [0.4, 0.5) is 5.82 Å². The fourth-order valence-electron chi connectivity index (χ4n) is 4.75. The quantitative estimate of drug-likeness (QED) is 0.695. The number of nitrogen functional groups attached to an aromatic ring is 1. The predicted octanol–water partition coefficient (Wildman–Crippen LogP) is 1.96. The number of aliphatic hydroxyl groups is 1. The van der Waals surface area contributed by atoms with Gasteiger partial charge in [-0.1, -0.05) is 30.3 Å². The number of anilines is 1. The molecule has 2 fully saturated rings. The molecule has 0 radical (unpaired) electrons. The summed E-state index contributed by atoms with van der Waals surface area (Å²) in [7, 11) is 0. The highest BCUT2D eigenvalue weighted by Crippen LogP contribution is 2.51. The van der Waals surface area contributed by atoms with Gasteiger partial charge in [0.2, 0.25) is 0 Å².